The quantitative estimate of drug-likeness (QED) is 0.394. The lowest BCUT2D eigenvalue weighted by molar-refractivity contribution is 0.281. The van der Waals surface area contributed by atoms with Gasteiger partial charge in [0.25, 0.3) is 0 Å². The van der Waals surface area contributed by atoms with Gasteiger partial charge in [-0.2, -0.15) is 5.10 Å². The van der Waals surface area contributed by atoms with Gasteiger partial charge in [-0.05, 0) is 38.3 Å². The summed E-state index contributed by atoms with van der Waals surface area (Å²) in [4.78, 5) is 19.1. The summed E-state index contributed by atoms with van der Waals surface area (Å²) in [6.45, 7) is 6.21. The Balaban J connectivity index is 1.47. The van der Waals surface area contributed by atoms with Crippen LogP contribution in [0.4, 0.5) is 0 Å². The minimum atomic E-state index is 0.0192. The zero-order chi connectivity index (χ0) is 20.5. The van der Waals surface area contributed by atoms with Gasteiger partial charge in [0.1, 0.15) is 18.2 Å². The summed E-state index contributed by atoms with van der Waals surface area (Å²) in [5, 5.41) is 7.80. The topological polar surface area (TPSA) is 76.7 Å². The lowest BCUT2D eigenvalue weighted by Gasteiger charge is -2.22. The molecule has 8 nitrogen and oxygen atoms in total. The minimum absolute atomic E-state index is 0.0192. The van der Waals surface area contributed by atoms with Crippen LogP contribution in [0, 0.1) is 0 Å². The highest BCUT2D eigenvalue weighted by molar-refractivity contribution is 5.79. The summed E-state index contributed by atoms with van der Waals surface area (Å²) in [5.41, 5.74) is 0.0192. The highest BCUT2D eigenvalue weighted by Crippen LogP contribution is 2.09. The van der Waals surface area contributed by atoms with Crippen molar-refractivity contribution in [3.8, 4) is 5.75 Å². The monoisotopic (exact) mass is 400 g/mol. The van der Waals surface area contributed by atoms with Crippen molar-refractivity contribution in [1.29, 1.82) is 0 Å². The third kappa shape index (κ3) is 5.85. The Labute approximate surface area is 172 Å². The number of fused-ring (bicyclic) bond motifs is 1. The SMILES string of the molecule is CCNC(=NCCCn1nc2n(c1=O)CCCC2)N(C)CCOc1ccccc1. The number of rotatable bonds is 9. The number of benzene rings is 1. The van der Waals surface area contributed by atoms with Gasteiger partial charge in [0, 0.05) is 39.6 Å². The largest absolute Gasteiger partial charge is 0.492 e. The van der Waals surface area contributed by atoms with Crippen LogP contribution >= 0.6 is 0 Å². The second-order valence-electron chi connectivity index (χ2n) is 7.20. The molecule has 0 bridgehead atoms. The molecule has 2 aromatic rings. The molecule has 1 N–H and O–H groups in total. The summed E-state index contributed by atoms with van der Waals surface area (Å²) < 4.78 is 9.18. The van der Waals surface area contributed by atoms with Gasteiger partial charge in [-0.25, -0.2) is 9.48 Å². The highest BCUT2D eigenvalue weighted by atomic mass is 16.5. The first-order valence-electron chi connectivity index (χ1n) is 10.5. The number of nitrogens with one attached hydrogen (secondary N) is 1. The van der Waals surface area contributed by atoms with Crippen LogP contribution < -0.4 is 15.7 Å². The van der Waals surface area contributed by atoms with E-state index in [2.05, 4.69) is 22.2 Å². The zero-order valence-corrected chi connectivity index (χ0v) is 17.5. The molecular weight excluding hydrogens is 368 g/mol. The van der Waals surface area contributed by atoms with Gasteiger partial charge in [-0.1, -0.05) is 18.2 Å². The molecule has 1 aromatic heterocycles. The fourth-order valence-electron chi connectivity index (χ4n) is 3.39. The van der Waals surface area contributed by atoms with Crippen molar-refractivity contribution in [1.82, 2.24) is 24.6 Å². The Kier molecular flexibility index (Phi) is 7.72. The van der Waals surface area contributed by atoms with Crippen molar-refractivity contribution in [3.63, 3.8) is 0 Å². The molecule has 0 spiro atoms. The normalized spacial score (nSPS) is 13.8. The van der Waals surface area contributed by atoms with Gasteiger partial charge in [-0.15, -0.1) is 0 Å². The number of guanidine groups is 1. The molecule has 3 rings (SSSR count). The van der Waals surface area contributed by atoms with Crippen LogP contribution in [0.2, 0.25) is 0 Å². The molecule has 0 radical (unpaired) electrons. The Bertz CT molecular complexity index is 843. The Morgan fingerprint density at radius 3 is 2.90 bits per heavy atom. The fraction of sp³-hybridized carbons (Fsp3) is 0.571. The van der Waals surface area contributed by atoms with Gasteiger partial charge in [0.15, 0.2) is 5.96 Å². The summed E-state index contributed by atoms with van der Waals surface area (Å²) in [6.07, 6.45) is 3.86. The number of aliphatic imine (C=N–C) groups is 1. The van der Waals surface area contributed by atoms with Crippen LogP contribution in [0.5, 0.6) is 5.75 Å². The van der Waals surface area contributed by atoms with Gasteiger partial charge in [0.05, 0.1) is 6.54 Å². The predicted octanol–water partition coefficient (Wildman–Crippen LogP) is 1.75. The molecule has 0 amide bonds. The maximum atomic E-state index is 12.4. The van der Waals surface area contributed by atoms with E-state index in [4.69, 9.17) is 9.73 Å². The van der Waals surface area contributed by atoms with Crippen LogP contribution in [0.25, 0.3) is 0 Å². The summed E-state index contributed by atoms with van der Waals surface area (Å²) in [6, 6.07) is 9.81. The van der Waals surface area contributed by atoms with Crippen molar-refractivity contribution in [2.75, 3.05) is 33.3 Å². The molecule has 0 unspecified atom stereocenters. The molecule has 1 aromatic carbocycles. The van der Waals surface area contributed by atoms with Gasteiger partial charge >= 0.3 is 5.69 Å². The van der Waals surface area contributed by atoms with Gasteiger partial charge < -0.3 is 15.0 Å². The van der Waals surface area contributed by atoms with E-state index in [9.17, 15) is 4.79 Å². The Morgan fingerprint density at radius 2 is 2.14 bits per heavy atom. The van der Waals surface area contributed by atoms with E-state index >= 15 is 0 Å². The van der Waals surface area contributed by atoms with E-state index in [1.54, 1.807) is 4.68 Å². The van der Waals surface area contributed by atoms with Crippen LogP contribution in [-0.4, -0.2) is 58.5 Å². The summed E-state index contributed by atoms with van der Waals surface area (Å²) in [7, 11) is 2.00. The number of para-hydroxylation sites is 1. The smallest absolute Gasteiger partial charge is 0.345 e. The zero-order valence-electron chi connectivity index (χ0n) is 17.5. The second kappa shape index (κ2) is 10.7. The maximum absolute atomic E-state index is 12.4. The molecule has 0 aliphatic carbocycles. The second-order valence-corrected chi connectivity index (χ2v) is 7.20. The van der Waals surface area contributed by atoms with E-state index in [0.29, 0.717) is 19.7 Å². The molecular formula is C21H32N6O2. The van der Waals surface area contributed by atoms with Crippen molar-refractivity contribution < 1.29 is 4.74 Å². The molecule has 8 heteroatoms. The van der Waals surface area contributed by atoms with Crippen molar-refractivity contribution >= 4 is 5.96 Å². The van der Waals surface area contributed by atoms with Crippen LogP contribution in [0.15, 0.2) is 40.1 Å². The predicted molar refractivity (Wildman–Crippen MR) is 115 cm³/mol. The van der Waals surface area contributed by atoms with E-state index in [1.807, 2.05) is 41.9 Å². The first kappa shape index (κ1) is 21.0. The van der Waals surface area contributed by atoms with E-state index < -0.39 is 0 Å². The minimum Gasteiger partial charge on any atom is -0.492 e. The van der Waals surface area contributed by atoms with Crippen LogP contribution in [-0.2, 0) is 19.5 Å². The molecule has 1 aliphatic rings. The van der Waals surface area contributed by atoms with Gasteiger partial charge in [-0.3, -0.25) is 9.56 Å². The third-order valence-electron chi connectivity index (χ3n) is 4.96. The highest BCUT2D eigenvalue weighted by Gasteiger charge is 2.16. The lowest BCUT2D eigenvalue weighted by atomic mass is 10.2. The number of aryl methyl sites for hydroxylation is 2. The molecule has 29 heavy (non-hydrogen) atoms. The average Bonchev–Trinajstić information content (AvgIpc) is 3.07. The standard InChI is InChI=1S/C21H32N6O2/c1-3-22-20(25(2)16-17-29-18-10-5-4-6-11-18)23-13-9-15-27-21(28)26-14-8-7-12-19(26)24-27/h4-6,10-11H,3,7-9,12-17H2,1-2H3,(H,22,23). The first-order chi connectivity index (χ1) is 14.2. The molecule has 0 saturated carbocycles. The fourth-order valence-corrected chi connectivity index (χ4v) is 3.39. The number of likely N-dealkylation sites (N-methyl/N-ethyl adjacent to an activating group) is 1. The molecule has 2 heterocycles. The molecule has 1 aliphatic heterocycles. The first-order valence-corrected chi connectivity index (χ1v) is 10.5. The Hall–Kier alpha value is -2.77. The van der Waals surface area contributed by atoms with E-state index in [1.165, 1.54) is 0 Å². The van der Waals surface area contributed by atoms with E-state index in [0.717, 1.165) is 62.9 Å². The number of ether oxygens (including phenoxy) is 1. The molecule has 158 valence electrons. The van der Waals surface area contributed by atoms with Crippen molar-refractivity contribution in [2.24, 2.45) is 4.99 Å². The van der Waals surface area contributed by atoms with Crippen LogP contribution in [0.1, 0.15) is 32.0 Å². The van der Waals surface area contributed by atoms with Crippen LogP contribution in [0.3, 0.4) is 0 Å². The van der Waals surface area contributed by atoms with Gasteiger partial charge in [0.2, 0.25) is 0 Å². The number of aromatic nitrogens is 3. The third-order valence-corrected chi connectivity index (χ3v) is 4.96. The molecule has 0 saturated heterocycles. The molecule has 0 atom stereocenters. The number of hydrogen-bond acceptors (Lipinski definition) is 4. The van der Waals surface area contributed by atoms with Crippen molar-refractivity contribution in [2.45, 2.75) is 45.7 Å². The average molecular weight is 401 g/mol. The molecule has 0 fully saturated rings. The van der Waals surface area contributed by atoms with Crippen molar-refractivity contribution in [3.05, 3.63) is 46.6 Å². The lowest BCUT2D eigenvalue weighted by Crippen LogP contribution is -2.41. The maximum Gasteiger partial charge on any atom is 0.345 e. The van der Waals surface area contributed by atoms with E-state index in [-0.39, 0.29) is 5.69 Å². The summed E-state index contributed by atoms with van der Waals surface area (Å²) >= 11 is 0. The number of nitrogens with zero attached hydrogens (tertiary/aromatic N) is 5. The Morgan fingerprint density at radius 1 is 1.31 bits per heavy atom. The summed E-state index contributed by atoms with van der Waals surface area (Å²) in [5.74, 6) is 2.65. The number of hydrogen-bond donors (Lipinski definition) is 1.